The number of nitrogens with zero attached hydrogens (tertiary/aromatic N) is 1. The zero-order chi connectivity index (χ0) is 11.1. The Kier molecular flexibility index (Phi) is 1.86. The Hall–Kier alpha value is -2.03. The Morgan fingerprint density at radius 1 is 1.31 bits per heavy atom. The molecule has 0 amide bonds. The molecule has 1 aliphatic carbocycles. The molecule has 2 nitrogen and oxygen atoms in total. The standard InChI is InChI=1S/C13H8FNO/c14-9-4-5-10-8(6-9)7-15-11-2-1-3-12(16)13(10)11/h1-2,4-7H,3H2. The number of halogens is 1. The normalized spacial score (nSPS) is 14.2. The second-order valence-corrected chi connectivity index (χ2v) is 3.78. The number of ketones is 1. The molecule has 0 unspecified atom stereocenters. The third-order valence-corrected chi connectivity index (χ3v) is 2.74. The molecule has 0 saturated carbocycles. The average Bonchev–Trinajstić information content (AvgIpc) is 2.29. The van der Waals surface area contributed by atoms with Gasteiger partial charge in [-0.25, -0.2) is 4.39 Å². The summed E-state index contributed by atoms with van der Waals surface area (Å²) in [6.07, 6.45) is 5.62. The van der Waals surface area contributed by atoms with E-state index in [0.29, 0.717) is 23.1 Å². The molecule has 1 aromatic heterocycles. The van der Waals surface area contributed by atoms with Crippen molar-refractivity contribution in [3.8, 4) is 0 Å². The lowest BCUT2D eigenvalue weighted by Gasteiger charge is -2.11. The first kappa shape index (κ1) is 9.21. The van der Waals surface area contributed by atoms with Crippen molar-refractivity contribution in [2.45, 2.75) is 6.42 Å². The molecular formula is C13H8FNO. The molecule has 0 bridgehead atoms. The number of Topliss-reactive ketones (excluding diaryl/α,β-unsaturated/α-hetero) is 1. The van der Waals surface area contributed by atoms with E-state index < -0.39 is 0 Å². The number of rotatable bonds is 0. The van der Waals surface area contributed by atoms with Crippen molar-refractivity contribution in [1.82, 2.24) is 4.98 Å². The van der Waals surface area contributed by atoms with Crippen molar-refractivity contribution in [3.05, 3.63) is 47.5 Å². The fraction of sp³-hybridized carbons (Fsp3) is 0.0769. The maximum Gasteiger partial charge on any atom is 0.169 e. The van der Waals surface area contributed by atoms with E-state index in [1.165, 1.54) is 12.1 Å². The Labute approximate surface area is 91.4 Å². The van der Waals surface area contributed by atoms with E-state index in [1.807, 2.05) is 6.08 Å². The Morgan fingerprint density at radius 3 is 3.06 bits per heavy atom. The molecule has 1 heterocycles. The molecule has 0 atom stereocenters. The zero-order valence-corrected chi connectivity index (χ0v) is 8.40. The van der Waals surface area contributed by atoms with Gasteiger partial charge in [0.1, 0.15) is 5.82 Å². The Balaban J connectivity index is 2.43. The number of hydrogen-bond donors (Lipinski definition) is 0. The van der Waals surface area contributed by atoms with Crippen LogP contribution in [0, 0.1) is 5.82 Å². The van der Waals surface area contributed by atoms with E-state index in [2.05, 4.69) is 4.98 Å². The summed E-state index contributed by atoms with van der Waals surface area (Å²) in [5.41, 5.74) is 1.29. The first-order valence-electron chi connectivity index (χ1n) is 5.04. The van der Waals surface area contributed by atoms with Crippen molar-refractivity contribution in [1.29, 1.82) is 0 Å². The van der Waals surface area contributed by atoms with E-state index in [0.717, 1.165) is 5.39 Å². The van der Waals surface area contributed by atoms with Crippen LogP contribution in [0.15, 0.2) is 30.5 Å². The van der Waals surface area contributed by atoms with Gasteiger partial charge in [-0.2, -0.15) is 0 Å². The fourth-order valence-corrected chi connectivity index (χ4v) is 2.01. The lowest BCUT2D eigenvalue weighted by atomic mass is 9.95. The average molecular weight is 213 g/mol. The van der Waals surface area contributed by atoms with Gasteiger partial charge in [-0.15, -0.1) is 0 Å². The van der Waals surface area contributed by atoms with Crippen molar-refractivity contribution in [2.75, 3.05) is 0 Å². The summed E-state index contributed by atoms with van der Waals surface area (Å²) in [5.74, 6) is -0.268. The second-order valence-electron chi connectivity index (χ2n) is 3.78. The van der Waals surface area contributed by atoms with Crippen LogP contribution in [-0.4, -0.2) is 10.8 Å². The number of carbonyl (C=O) groups excluding carboxylic acids is 1. The summed E-state index contributed by atoms with van der Waals surface area (Å²) < 4.78 is 13.0. The monoisotopic (exact) mass is 213 g/mol. The number of carbonyl (C=O) groups is 1. The predicted octanol–water partition coefficient (Wildman–Crippen LogP) is 2.97. The van der Waals surface area contributed by atoms with Crippen molar-refractivity contribution < 1.29 is 9.18 Å². The third-order valence-electron chi connectivity index (χ3n) is 2.74. The number of hydrogen-bond acceptors (Lipinski definition) is 2. The van der Waals surface area contributed by atoms with Crippen molar-refractivity contribution in [3.63, 3.8) is 0 Å². The summed E-state index contributed by atoms with van der Waals surface area (Å²) in [6.45, 7) is 0. The van der Waals surface area contributed by atoms with Gasteiger partial charge < -0.3 is 0 Å². The molecule has 2 aromatic rings. The molecule has 78 valence electrons. The van der Waals surface area contributed by atoms with Crippen LogP contribution in [0.3, 0.4) is 0 Å². The molecule has 0 radical (unpaired) electrons. The molecule has 3 rings (SSSR count). The topological polar surface area (TPSA) is 30.0 Å². The maximum atomic E-state index is 13.0. The summed E-state index contributed by atoms with van der Waals surface area (Å²) in [4.78, 5) is 16.0. The van der Waals surface area contributed by atoms with Gasteiger partial charge in [0.15, 0.2) is 5.78 Å². The summed E-state index contributed by atoms with van der Waals surface area (Å²) >= 11 is 0. The van der Waals surface area contributed by atoms with Crippen LogP contribution in [0.2, 0.25) is 0 Å². The highest BCUT2D eigenvalue weighted by atomic mass is 19.1. The Bertz CT molecular complexity index is 631. The molecular weight excluding hydrogens is 205 g/mol. The van der Waals surface area contributed by atoms with Crippen LogP contribution in [0.4, 0.5) is 4.39 Å². The van der Waals surface area contributed by atoms with Gasteiger partial charge in [-0.1, -0.05) is 12.1 Å². The summed E-state index contributed by atoms with van der Waals surface area (Å²) in [5, 5.41) is 1.45. The van der Waals surface area contributed by atoms with E-state index in [4.69, 9.17) is 0 Å². The van der Waals surface area contributed by atoms with Gasteiger partial charge in [-0.05, 0) is 23.6 Å². The maximum absolute atomic E-state index is 13.0. The van der Waals surface area contributed by atoms with Crippen molar-refractivity contribution in [2.24, 2.45) is 0 Å². The SMILES string of the molecule is O=C1CC=Cc2ncc3cc(F)ccc3c21. The van der Waals surface area contributed by atoms with Gasteiger partial charge in [0.2, 0.25) is 0 Å². The zero-order valence-electron chi connectivity index (χ0n) is 8.40. The molecule has 3 heteroatoms. The van der Waals surface area contributed by atoms with Crippen LogP contribution in [0.1, 0.15) is 22.5 Å². The minimum Gasteiger partial charge on any atom is -0.294 e. The number of aromatic nitrogens is 1. The Morgan fingerprint density at radius 2 is 2.19 bits per heavy atom. The minimum absolute atomic E-state index is 0.0437. The summed E-state index contributed by atoms with van der Waals surface area (Å²) in [7, 11) is 0. The highest BCUT2D eigenvalue weighted by Gasteiger charge is 2.17. The third kappa shape index (κ3) is 1.25. The number of pyridine rings is 1. The van der Waals surface area contributed by atoms with Gasteiger partial charge >= 0.3 is 0 Å². The molecule has 1 aliphatic rings. The number of benzene rings is 1. The van der Waals surface area contributed by atoms with Crippen LogP contribution in [-0.2, 0) is 0 Å². The van der Waals surface area contributed by atoms with Gasteiger partial charge in [-0.3, -0.25) is 9.78 Å². The lowest BCUT2D eigenvalue weighted by molar-refractivity contribution is 0.0995. The van der Waals surface area contributed by atoms with E-state index in [-0.39, 0.29) is 11.6 Å². The van der Waals surface area contributed by atoms with Gasteiger partial charge in [0.05, 0.1) is 11.3 Å². The van der Waals surface area contributed by atoms with E-state index >= 15 is 0 Å². The molecule has 1 aromatic carbocycles. The van der Waals surface area contributed by atoms with Gasteiger partial charge in [0.25, 0.3) is 0 Å². The quantitative estimate of drug-likeness (QED) is 0.673. The largest absolute Gasteiger partial charge is 0.294 e. The fourth-order valence-electron chi connectivity index (χ4n) is 2.01. The molecule has 0 fully saturated rings. The van der Waals surface area contributed by atoms with E-state index in [9.17, 15) is 9.18 Å². The van der Waals surface area contributed by atoms with Crippen LogP contribution in [0.5, 0.6) is 0 Å². The van der Waals surface area contributed by atoms with Crippen molar-refractivity contribution >= 4 is 22.6 Å². The van der Waals surface area contributed by atoms with Crippen LogP contribution >= 0.6 is 0 Å². The van der Waals surface area contributed by atoms with E-state index in [1.54, 1.807) is 18.3 Å². The molecule has 16 heavy (non-hydrogen) atoms. The number of allylic oxidation sites excluding steroid dienone is 1. The predicted molar refractivity (Wildman–Crippen MR) is 59.7 cm³/mol. The first-order chi connectivity index (χ1) is 7.75. The second kappa shape index (κ2) is 3.23. The van der Waals surface area contributed by atoms with Crippen LogP contribution in [0.25, 0.3) is 16.8 Å². The van der Waals surface area contributed by atoms with Crippen LogP contribution < -0.4 is 0 Å². The molecule has 0 spiro atoms. The molecule has 0 N–H and O–H groups in total. The number of fused-ring (bicyclic) bond motifs is 3. The van der Waals surface area contributed by atoms with Gasteiger partial charge in [0, 0.05) is 18.0 Å². The first-order valence-corrected chi connectivity index (χ1v) is 5.04. The minimum atomic E-state index is -0.312. The highest BCUT2D eigenvalue weighted by molar-refractivity contribution is 6.12. The lowest BCUT2D eigenvalue weighted by Crippen LogP contribution is -2.07. The molecule has 0 aliphatic heterocycles. The highest BCUT2D eigenvalue weighted by Crippen LogP contribution is 2.26. The smallest absolute Gasteiger partial charge is 0.169 e. The molecule has 0 saturated heterocycles. The summed E-state index contributed by atoms with van der Waals surface area (Å²) in [6, 6.07) is 4.41.